The maximum atomic E-state index is 12.8. The molecule has 1 aromatic rings. The van der Waals surface area contributed by atoms with E-state index in [-0.39, 0.29) is 22.7 Å². The van der Waals surface area contributed by atoms with E-state index in [1.807, 2.05) is 19.9 Å². The summed E-state index contributed by atoms with van der Waals surface area (Å²) in [5.74, 6) is -0.733. The van der Waals surface area contributed by atoms with Crippen LogP contribution in [0.3, 0.4) is 0 Å². The van der Waals surface area contributed by atoms with E-state index in [1.54, 1.807) is 18.5 Å². The molecule has 0 bridgehead atoms. The highest BCUT2D eigenvalue weighted by Gasteiger charge is 2.44. The number of rotatable bonds is 2. The number of hydrogen-bond acceptors (Lipinski definition) is 6. The zero-order valence-electron chi connectivity index (χ0n) is 14.0. The molecule has 1 aliphatic carbocycles. The fourth-order valence-electron chi connectivity index (χ4n) is 3.37. The first-order valence-electron chi connectivity index (χ1n) is 7.76. The minimum Gasteiger partial charge on any atom is -0.465 e. The largest absolute Gasteiger partial charge is 0.465 e. The monoisotopic (exact) mass is 328 g/mol. The van der Waals surface area contributed by atoms with Gasteiger partial charge in [-0.3, -0.25) is 9.78 Å². The minimum absolute atomic E-state index is 0.0139. The number of allylic oxidation sites excluding steroid dienone is 2. The molecular formula is C18H20N2O4. The Morgan fingerprint density at radius 2 is 2.17 bits per heavy atom. The van der Waals surface area contributed by atoms with Gasteiger partial charge in [0.1, 0.15) is 11.3 Å². The molecule has 6 heteroatoms. The van der Waals surface area contributed by atoms with Crippen molar-refractivity contribution in [1.82, 2.24) is 4.98 Å². The topological polar surface area (TPSA) is 91.5 Å². The molecule has 3 rings (SSSR count). The van der Waals surface area contributed by atoms with Gasteiger partial charge in [0.15, 0.2) is 5.78 Å². The van der Waals surface area contributed by atoms with Gasteiger partial charge in [0.25, 0.3) is 0 Å². The van der Waals surface area contributed by atoms with Gasteiger partial charge in [0, 0.05) is 30.8 Å². The number of ether oxygens (including phenoxy) is 2. The molecule has 0 amide bonds. The second-order valence-electron chi connectivity index (χ2n) is 6.87. The summed E-state index contributed by atoms with van der Waals surface area (Å²) < 4.78 is 10.5. The summed E-state index contributed by atoms with van der Waals surface area (Å²) in [6.45, 7) is 4.01. The molecular weight excluding hydrogens is 308 g/mol. The molecule has 2 aliphatic rings. The Morgan fingerprint density at radius 1 is 1.42 bits per heavy atom. The maximum Gasteiger partial charge on any atom is 0.340 e. The summed E-state index contributed by atoms with van der Waals surface area (Å²) in [4.78, 5) is 29.2. The number of ketones is 1. The summed E-state index contributed by atoms with van der Waals surface area (Å²) in [6, 6.07) is 3.57. The molecule has 2 N–H and O–H groups in total. The van der Waals surface area contributed by atoms with Crippen LogP contribution < -0.4 is 5.73 Å². The molecule has 6 nitrogen and oxygen atoms in total. The predicted molar refractivity (Wildman–Crippen MR) is 86.3 cm³/mol. The molecule has 1 atom stereocenters. The highest BCUT2D eigenvalue weighted by Crippen LogP contribution is 2.48. The number of methoxy groups -OCH3 is 1. The van der Waals surface area contributed by atoms with Crippen molar-refractivity contribution in [3.63, 3.8) is 0 Å². The van der Waals surface area contributed by atoms with E-state index in [9.17, 15) is 9.59 Å². The van der Waals surface area contributed by atoms with Crippen molar-refractivity contribution in [1.29, 1.82) is 0 Å². The third-order valence-corrected chi connectivity index (χ3v) is 4.38. The minimum atomic E-state index is -0.613. The zero-order chi connectivity index (χ0) is 17.5. The number of carbonyl (C=O) groups excluding carboxylic acids is 2. The van der Waals surface area contributed by atoms with Crippen LogP contribution in [0, 0.1) is 5.41 Å². The van der Waals surface area contributed by atoms with E-state index < -0.39 is 11.9 Å². The van der Waals surface area contributed by atoms with Gasteiger partial charge in [-0.15, -0.1) is 0 Å². The van der Waals surface area contributed by atoms with Crippen LogP contribution >= 0.6 is 0 Å². The Bertz CT molecular complexity index is 762. The van der Waals surface area contributed by atoms with E-state index in [0.29, 0.717) is 29.7 Å². The Balaban J connectivity index is 2.19. The zero-order valence-corrected chi connectivity index (χ0v) is 14.0. The van der Waals surface area contributed by atoms with Crippen molar-refractivity contribution in [3.8, 4) is 0 Å². The molecule has 0 aromatic carbocycles. The number of aromatic nitrogens is 1. The molecule has 126 valence electrons. The van der Waals surface area contributed by atoms with Gasteiger partial charge in [-0.1, -0.05) is 19.9 Å². The first-order chi connectivity index (χ1) is 11.3. The van der Waals surface area contributed by atoms with E-state index in [0.717, 1.165) is 0 Å². The van der Waals surface area contributed by atoms with Gasteiger partial charge in [-0.25, -0.2) is 4.79 Å². The van der Waals surface area contributed by atoms with Crippen molar-refractivity contribution in [2.24, 2.45) is 11.1 Å². The molecule has 1 aliphatic heterocycles. The van der Waals surface area contributed by atoms with Crippen LogP contribution in [0.4, 0.5) is 0 Å². The van der Waals surface area contributed by atoms with E-state index >= 15 is 0 Å². The molecule has 1 aromatic heterocycles. The molecule has 0 spiro atoms. The lowest BCUT2D eigenvalue weighted by atomic mass is 9.70. The number of pyridine rings is 1. The number of esters is 1. The van der Waals surface area contributed by atoms with Crippen LogP contribution in [0.1, 0.15) is 38.2 Å². The summed E-state index contributed by atoms with van der Waals surface area (Å²) in [7, 11) is 1.28. The van der Waals surface area contributed by atoms with Gasteiger partial charge in [0.2, 0.25) is 5.88 Å². The summed E-state index contributed by atoms with van der Waals surface area (Å²) in [5, 5.41) is 0. The lowest BCUT2D eigenvalue weighted by Gasteiger charge is -2.37. The van der Waals surface area contributed by atoms with Crippen molar-refractivity contribution >= 4 is 11.8 Å². The van der Waals surface area contributed by atoms with Gasteiger partial charge >= 0.3 is 5.97 Å². The van der Waals surface area contributed by atoms with E-state index in [1.165, 1.54) is 7.11 Å². The number of nitrogens with zero attached hydrogens (tertiary/aromatic N) is 1. The first-order valence-corrected chi connectivity index (χ1v) is 7.76. The average Bonchev–Trinajstić information content (AvgIpc) is 2.52. The Morgan fingerprint density at radius 3 is 2.79 bits per heavy atom. The summed E-state index contributed by atoms with van der Waals surface area (Å²) in [6.07, 6.45) is 4.24. The van der Waals surface area contributed by atoms with Crippen molar-refractivity contribution in [3.05, 3.63) is 52.9 Å². The molecule has 0 saturated heterocycles. The van der Waals surface area contributed by atoms with Crippen molar-refractivity contribution < 1.29 is 19.1 Å². The van der Waals surface area contributed by atoms with E-state index in [4.69, 9.17) is 15.2 Å². The fraction of sp³-hybridized carbons (Fsp3) is 0.389. The predicted octanol–water partition coefficient (Wildman–Crippen LogP) is 2.18. The standard InChI is InChI=1S/C18H20N2O4/c1-18(2)7-11(21)14-12(8-18)24-16(19)15(17(22)23-3)13(14)10-5-4-6-20-9-10/h4-6,9,13H,7-8,19H2,1-3H3/t13-/m0/s1. The van der Waals surface area contributed by atoms with E-state index in [2.05, 4.69) is 4.98 Å². The van der Waals surface area contributed by atoms with Crippen LogP contribution in [0.2, 0.25) is 0 Å². The van der Waals surface area contributed by atoms with Gasteiger partial charge < -0.3 is 15.2 Å². The normalized spacial score (nSPS) is 22.8. The number of Topliss-reactive ketones (excluding diaryl/α,β-unsaturated/α-hetero) is 1. The van der Waals surface area contributed by atoms with Crippen molar-refractivity contribution in [2.75, 3.05) is 7.11 Å². The lowest BCUT2D eigenvalue weighted by Crippen LogP contribution is -2.35. The molecule has 0 radical (unpaired) electrons. The SMILES string of the molecule is COC(=O)C1=C(N)OC2=C(C(=O)CC(C)(C)C2)[C@@H]1c1cccnc1. The average molecular weight is 328 g/mol. The van der Waals surface area contributed by atoms with Gasteiger partial charge in [-0.05, 0) is 17.0 Å². The summed E-state index contributed by atoms with van der Waals surface area (Å²) >= 11 is 0. The Labute approximate surface area is 140 Å². The maximum absolute atomic E-state index is 12.8. The summed E-state index contributed by atoms with van der Waals surface area (Å²) in [5.41, 5.74) is 7.15. The third-order valence-electron chi connectivity index (χ3n) is 4.38. The van der Waals surface area contributed by atoms with Gasteiger partial charge in [-0.2, -0.15) is 0 Å². The first kappa shape index (κ1) is 16.2. The number of nitrogens with two attached hydrogens (primary N) is 1. The second kappa shape index (κ2) is 5.78. The highest BCUT2D eigenvalue weighted by atomic mass is 16.5. The Hall–Kier alpha value is -2.63. The number of carbonyl (C=O) groups is 2. The molecule has 0 unspecified atom stereocenters. The molecule has 24 heavy (non-hydrogen) atoms. The molecule has 0 fully saturated rings. The second-order valence-corrected chi connectivity index (χ2v) is 6.87. The van der Waals surface area contributed by atoms with Crippen LogP contribution in [0.15, 0.2) is 47.3 Å². The van der Waals surface area contributed by atoms with Crippen LogP contribution in [-0.2, 0) is 19.1 Å². The van der Waals surface area contributed by atoms with Gasteiger partial charge in [0.05, 0.1) is 13.0 Å². The Kier molecular flexibility index (Phi) is 3.91. The fourth-order valence-corrected chi connectivity index (χ4v) is 3.37. The lowest BCUT2D eigenvalue weighted by molar-refractivity contribution is -0.136. The van der Waals surface area contributed by atoms with Crippen LogP contribution in [0.5, 0.6) is 0 Å². The number of hydrogen-bond donors (Lipinski definition) is 1. The van der Waals surface area contributed by atoms with Crippen molar-refractivity contribution in [2.45, 2.75) is 32.6 Å². The van der Waals surface area contributed by atoms with Crippen LogP contribution in [0.25, 0.3) is 0 Å². The highest BCUT2D eigenvalue weighted by molar-refractivity contribution is 6.03. The smallest absolute Gasteiger partial charge is 0.340 e. The molecule has 2 heterocycles. The quantitative estimate of drug-likeness (QED) is 0.837. The third kappa shape index (κ3) is 2.68. The molecule has 0 saturated carbocycles. The van der Waals surface area contributed by atoms with Crippen LogP contribution in [-0.4, -0.2) is 23.8 Å².